The number of benzene rings is 1. The van der Waals surface area contributed by atoms with Crippen molar-refractivity contribution in [3.63, 3.8) is 0 Å². The number of rotatable bonds is 5. The van der Waals surface area contributed by atoms with Gasteiger partial charge in [-0.25, -0.2) is 21.6 Å². The molecule has 30 heavy (non-hydrogen) atoms. The normalized spacial score (nSPS) is 18.2. The summed E-state index contributed by atoms with van der Waals surface area (Å²) >= 11 is 0. The van der Waals surface area contributed by atoms with Crippen LogP contribution in [0, 0.1) is 5.82 Å². The molecule has 11 heteroatoms. The maximum Gasteiger partial charge on any atom is 0.407 e. The summed E-state index contributed by atoms with van der Waals surface area (Å²) in [5.74, 6) is -1.91. The first-order chi connectivity index (χ1) is 14.2. The summed E-state index contributed by atoms with van der Waals surface area (Å²) in [6, 6.07) is 4.73. The molecule has 1 aromatic heterocycles. The molecule has 1 saturated heterocycles. The predicted molar refractivity (Wildman–Crippen MR) is 106 cm³/mol. The van der Waals surface area contributed by atoms with Gasteiger partial charge in [0, 0.05) is 37.3 Å². The lowest BCUT2D eigenvalue weighted by Crippen LogP contribution is -2.55. The molecule has 1 amide bonds. The molecule has 162 valence electrons. The van der Waals surface area contributed by atoms with Crippen LogP contribution in [0.2, 0.25) is 0 Å². The number of aromatic nitrogens is 1. The SMILES string of the molecule is CCC(c1ccn(S(=O)(=O)c2ccc(F)cc2)c(=O)c1O)C1CNCCN1C(=O)O. The fourth-order valence-corrected chi connectivity index (χ4v) is 4.99. The number of piperazine rings is 1. The van der Waals surface area contributed by atoms with E-state index in [-0.39, 0.29) is 17.0 Å². The highest BCUT2D eigenvalue weighted by Crippen LogP contribution is 2.32. The molecule has 3 N–H and O–H groups in total. The van der Waals surface area contributed by atoms with Gasteiger partial charge in [0.25, 0.3) is 10.0 Å². The van der Waals surface area contributed by atoms with E-state index in [0.717, 1.165) is 30.5 Å². The van der Waals surface area contributed by atoms with Crippen LogP contribution < -0.4 is 10.9 Å². The Morgan fingerprint density at radius 2 is 1.97 bits per heavy atom. The second kappa shape index (κ2) is 8.44. The summed E-state index contributed by atoms with van der Waals surface area (Å²) in [6.45, 7) is 2.87. The van der Waals surface area contributed by atoms with Crippen LogP contribution in [0.25, 0.3) is 0 Å². The van der Waals surface area contributed by atoms with Crippen LogP contribution in [0.1, 0.15) is 24.8 Å². The van der Waals surface area contributed by atoms with Crippen LogP contribution >= 0.6 is 0 Å². The van der Waals surface area contributed by atoms with E-state index < -0.39 is 45.2 Å². The summed E-state index contributed by atoms with van der Waals surface area (Å²) in [5, 5.41) is 23.1. The first-order valence-corrected chi connectivity index (χ1v) is 10.8. The zero-order valence-corrected chi connectivity index (χ0v) is 17.0. The van der Waals surface area contributed by atoms with E-state index in [4.69, 9.17) is 0 Å². The fraction of sp³-hybridized carbons (Fsp3) is 0.368. The van der Waals surface area contributed by atoms with Crippen molar-refractivity contribution in [2.24, 2.45) is 0 Å². The molecule has 2 heterocycles. The number of aromatic hydroxyl groups is 1. The average Bonchev–Trinajstić information content (AvgIpc) is 2.72. The highest BCUT2D eigenvalue weighted by Gasteiger charge is 2.35. The quantitative estimate of drug-likeness (QED) is 0.642. The van der Waals surface area contributed by atoms with Crippen LogP contribution in [0.4, 0.5) is 9.18 Å². The Hall–Kier alpha value is -2.92. The average molecular weight is 439 g/mol. The van der Waals surface area contributed by atoms with E-state index in [2.05, 4.69) is 5.32 Å². The minimum Gasteiger partial charge on any atom is -0.503 e. The van der Waals surface area contributed by atoms with Gasteiger partial charge < -0.3 is 20.4 Å². The smallest absolute Gasteiger partial charge is 0.407 e. The van der Waals surface area contributed by atoms with Crippen LogP contribution in [-0.4, -0.2) is 59.3 Å². The second-order valence-corrected chi connectivity index (χ2v) is 8.76. The zero-order valence-electron chi connectivity index (χ0n) is 16.2. The molecule has 1 aliphatic heterocycles. The summed E-state index contributed by atoms with van der Waals surface area (Å²) in [7, 11) is -4.35. The predicted octanol–water partition coefficient (Wildman–Crippen LogP) is 1.38. The van der Waals surface area contributed by atoms with Gasteiger partial charge in [0.2, 0.25) is 0 Å². The first-order valence-electron chi connectivity index (χ1n) is 9.34. The van der Waals surface area contributed by atoms with E-state index in [1.54, 1.807) is 6.92 Å². The third-order valence-electron chi connectivity index (χ3n) is 5.27. The molecule has 9 nitrogen and oxygen atoms in total. The van der Waals surface area contributed by atoms with E-state index in [1.165, 1.54) is 11.0 Å². The molecule has 1 fully saturated rings. The molecule has 0 saturated carbocycles. The topological polar surface area (TPSA) is 129 Å². The summed E-state index contributed by atoms with van der Waals surface area (Å²) in [5.41, 5.74) is -0.978. The van der Waals surface area contributed by atoms with Crippen molar-refractivity contribution in [1.29, 1.82) is 0 Å². The van der Waals surface area contributed by atoms with E-state index in [0.29, 0.717) is 23.5 Å². The molecule has 0 aliphatic carbocycles. The van der Waals surface area contributed by atoms with E-state index in [1.807, 2.05) is 0 Å². The van der Waals surface area contributed by atoms with Crippen LogP contribution in [-0.2, 0) is 10.0 Å². The molecule has 3 rings (SSSR count). The van der Waals surface area contributed by atoms with Gasteiger partial charge in [-0.2, -0.15) is 0 Å². The fourth-order valence-electron chi connectivity index (χ4n) is 3.75. The monoisotopic (exact) mass is 439 g/mol. The van der Waals surface area contributed by atoms with Gasteiger partial charge in [0.1, 0.15) is 5.82 Å². The van der Waals surface area contributed by atoms with Crippen molar-refractivity contribution in [3.05, 3.63) is 58.3 Å². The largest absolute Gasteiger partial charge is 0.503 e. The third kappa shape index (κ3) is 3.90. The Kier molecular flexibility index (Phi) is 6.13. The summed E-state index contributed by atoms with van der Waals surface area (Å²) < 4.78 is 39.0. The Morgan fingerprint density at radius 1 is 1.30 bits per heavy atom. The van der Waals surface area contributed by atoms with Crippen molar-refractivity contribution < 1.29 is 27.8 Å². The maximum atomic E-state index is 13.1. The van der Waals surface area contributed by atoms with Gasteiger partial charge in [-0.1, -0.05) is 6.92 Å². The lowest BCUT2D eigenvalue weighted by Gasteiger charge is -2.39. The van der Waals surface area contributed by atoms with Crippen molar-refractivity contribution >= 4 is 16.1 Å². The third-order valence-corrected chi connectivity index (χ3v) is 6.94. The van der Waals surface area contributed by atoms with Gasteiger partial charge in [-0.05, 0) is 36.8 Å². The minimum absolute atomic E-state index is 0.174. The van der Waals surface area contributed by atoms with Gasteiger partial charge in [0.05, 0.1) is 10.9 Å². The molecule has 0 radical (unpaired) electrons. The number of hydrogen-bond donors (Lipinski definition) is 3. The Bertz CT molecular complexity index is 1100. The summed E-state index contributed by atoms with van der Waals surface area (Å²) in [6.07, 6.45) is 0.337. The van der Waals surface area contributed by atoms with Gasteiger partial charge >= 0.3 is 11.7 Å². The van der Waals surface area contributed by atoms with Crippen LogP contribution in [0.15, 0.2) is 46.2 Å². The van der Waals surface area contributed by atoms with Crippen molar-refractivity contribution in [3.8, 4) is 5.75 Å². The van der Waals surface area contributed by atoms with Crippen molar-refractivity contribution in [2.75, 3.05) is 19.6 Å². The summed E-state index contributed by atoms with van der Waals surface area (Å²) in [4.78, 5) is 25.3. The maximum absolute atomic E-state index is 13.1. The Balaban J connectivity index is 2.04. The van der Waals surface area contributed by atoms with E-state index >= 15 is 0 Å². The molecular formula is C19H22FN3O6S. The van der Waals surface area contributed by atoms with Gasteiger partial charge in [-0.3, -0.25) is 4.79 Å². The lowest BCUT2D eigenvalue weighted by atomic mass is 9.87. The number of carboxylic acid groups (broad SMARTS) is 1. The number of hydrogen-bond acceptors (Lipinski definition) is 6. The molecule has 2 unspecified atom stereocenters. The van der Waals surface area contributed by atoms with Crippen LogP contribution in [0.5, 0.6) is 5.75 Å². The molecule has 0 bridgehead atoms. The number of nitrogens with zero attached hydrogens (tertiary/aromatic N) is 2. The number of carbonyl (C=O) groups is 1. The van der Waals surface area contributed by atoms with E-state index in [9.17, 15) is 32.6 Å². The van der Waals surface area contributed by atoms with Gasteiger partial charge in [0.15, 0.2) is 5.75 Å². The standard InChI is InChI=1S/C19H22FN3O6S/c1-2-14(16-11-21-8-10-22(16)19(26)27)15-7-9-23(18(25)17(15)24)30(28,29)13-5-3-12(20)4-6-13/h3-7,9,14,16,21,24H,2,8,10-11H2,1H3,(H,26,27). The van der Waals surface area contributed by atoms with Crippen molar-refractivity contribution in [2.45, 2.75) is 30.2 Å². The number of nitrogens with one attached hydrogen (secondary N) is 1. The molecule has 1 aromatic carbocycles. The highest BCUT2D eigenvalue weighted by molar-refractivity contribution is 7.90. The van der Waals surface area contributed by atoms with Gasteiger partial charge in [-0.15, -0.1) is 0 Å². The molecule has 0 spiro atoms. The zero-order chi connectivity index (χ0) is 22.1. The number of amides is 1. The second-order valence-electron chi connectivity index (χ2n) is 6.94. The van der Waals surface area contributed by atoms with Crippen molar-refractivity contribution in [1.82, 2.24) is 14.2 Å². The molecular weight excluding hydrogens is 417 g/mol. The first kappa shape index (κ1) is 21.8. The molecule has 2 atom stereocenters. The Labute approximate surface area is 172 Å². The highest BCUT2D eigenvalue weighted by atomic mass is 32.2. The lowest BCUT2D eigenvalue weighted by molar-refractivity contribution is 0.101. The molecule has 1 aliphatic rings. The molecule has 2 aromatic rings. The minimum atomic E-state index is -4.35. The number of halogens is 1. The number of pyridine rings is 1. The van der Waals surface area contributed by atoms with Crippen LogP contribution in [0.3, 0.4) is 0 Å². The Morgan fingerprint density at radius 3 is 2.57 bits per heavy atom.